The molecule has 94 valence electrons. The molecule has 1 aromatic heterocycles. The second-order valence-electron chi connectivity index (χ2n) is 5.17. The largest absolute Gasteiger partial charge is 0.356 e. The molecule has 0 bridgehead atoms. The van der Waals surface area contributed by atoms with Crippen molar-refractivity contribution in [1.29, 1.82) is 0 Å². The summed E-state index contributed by atoms with van der Waals surface area (Å²) in [6.07, 6.45) is 5.77. The topological polar surface area (TPSA) is 16.1 Å². The van der Waals surface area contributed by atoms with Crippen LogP contribution >= 0.6 is 15.9 Å². The molecule has 0 radical (unpaired) electrons. The van der Waals surface area contributed by atoms with Gasteiger partial charge in [0.05, 0.1) is 0 Å². The normalized spacial score (nSPS) is 18.7. The fourth-order valence-corrected chi connectivity index (χ4v) is 2.87. The van der Waals surface area contributed by atoms with Crippen LogP contribution in [0.4, 0.5) is 5.82 Å². The fourth-order valence-electron chi connectivity index (χ4n) is 2.66. The van der Waals surface area contributed by atoms with Gasteiger partial charge in [0.2, 0.25) is 0 Å². The molecule has 0 unspecified atom stereocenters. The third-order valence-electron chi connectivity index (χ3n) is 4.29. The van der Waals surface area contributed by atoms with Gasteiger partial charge in [-0.15, -0.1) is 0 Å². The predicted octanol–water partition coefficient (Wildman–Crippen LogP) is 4.17. The minimum absolute atomic E-state index is 0.517. The monoisotopic (exact) mass is 296 g/mol. The van der Waals surface area contributed by atoms with Crippen LogP contribution in [-0.4, -0.2) is 18.1 Å². The van der Waals surface area contributed by atoms with Gasteiger partial charge >= 0.3 is 0 Å². The number of hydrogen-bond donors (Lipinski definition) is 0. The van der Waals surface area contributed by atoms with Crippen molar-refractivity contribution in [2.45, 2.75) is 40.0 Å². The van der Waals surface area contributed by atoms with Crippen LogP contribution in [0.1, 0.15) is 38.7 Å². The first-order chi connectivity index (χ1) is 8.10. The summed E-state index contributed by atoms with van der Waals surface area (Å²) in [5.41, 5.74) is 1.78. The summed E-state index contributed by atoms with van der Waals surface area (Å²) in [4.78, 5) is 6.97. The molecule has 0 aromatic carbocycles. The van der Waals surface area contributed by atoms with E-state index < -0.39 is 0 Å². The molecule has 0 spiro atoms. The smallest absolute Gasteiger partial charge is 0.128 e. The summed E-state index contributed by atoms with van der Waals surface area (Å²) in [6, 6.07) is 2.19. The molecular formula is C14H21BrN2. The number of nitrogens with zero attached hydrogens (tertiary/aromatic N) is 2. The second kappa shape index (κ2) is 4.97. The number of aromatic nitrogens is 1. The molecule has 0 aliphatic carbocycles. The number of anilines is 1. The van der Waals surface area contributed by atoms with Crippen LogP contribution in [0.2, 0.25) is 0 Å². The molecule has 1 aliphatic heterocycles. The van der Waals surface area contributed by atoms with Crippen LogP contribution in [-0.2, 0) is 0 Å². The average molecular weight is 297 g/mol. The summed E-state index contributed by atoms with van der Waals surface area (Å²) >= 11 is 3.51. The van der Waals surface area contributed by atoms with E-state index in [4.69, 9.17) is 0 Å². The Kier molecular flexibility index (Phi) is 3.76. The highest BCUT2D eigenvalue weighted by molar-refractivity contribution is 9.10. The Hall–Kier alpha value is -0.570. The highest BCUT2D eigenvalue weighted by Crippen LogP contribution is 2.38. The second-order valence-corrected chi connectivity index (χ2v) is 6.02. The first-order valence-corrected chi connectivity index (χ1v) is 7.26. The molecule has 3 heteroatoms. The maximum atomic E-state index is 4.53. The minimum atomic E-state index is 0.517. The van der Waals surface area contributed by atoms with Crippen molar-refractivity contribution in [2.24, 2.45) is 5.41 Å². The van der Waals surface area contributed by atoms with Gasteiger partial charge in [0.15, 0.2) is 0 Å². The zero-order valence-corrected chi connectivity index (χ0v) is 12.5. The molecule has 2 rings (SSSR count). The van der Waals surface area contributed by atoms with E-state index in [0.717, 1.165) is 23.4 Å². The number of pyridine rings is 1. The zero-order chi connectivity index (χ0) is 12.5. The Labute approximate surface area is 113 Å². The molecule has 2 nitrogen and oxygen atoms in total. The molecular weight excluding hydrogens is 276 g/mol. The highest BCUT2D eigenvalue weighted by Gasteiger charge is 2.35. The predicted molar refractivity (Wildman–Crippen MR) is 76.5 cm³/mol. The maximum Gasteiger partial charge on any atom is 0.128 e. The molecule has 0 N–H and O–H groups in total. The van der Waals surface area contributed by atoms with Crippen molar-refractivity contribution in [3.8, 4) is 0 Å². The minimum Gasteiger partial charge on any atom is -0.356 e. The zero-order valence-electron chi connectivity index (χ0n) is 11.0. The average Bonchev–Trinajstić information content (AvgIpc) is 2.78. The molecule has 17 heavy (non-hydrogen) atoms. The summed E-state index contributed by atoms with van der Waals surface area (Å²) in [5.74, 6) is 1.13. The van der Waals surface area contributed by atoms with Crippen molar-refractivity contribution in [1.82, 2.24) is 4.98 Å². The first kappa shape index (κ1) is 12.9. The standard InChI is InChI=1S/C14H21BrN2/c1-4-14(5-2)6-7-17(10-14)13-8-11(3)12(15)9-16-13/h8-9H,4-7,10H2,1-3H3. The van der Waals surface area contributed by atoms with Gasteiger partial charge in [-0.05, 0) is 59.2 Å². The maximum absolute atomic E-state index is 4.53. The number of halogens is 1. The van der Waals surface area contributed by atoms with Crippen LogP contribution < -0.4 is 4.90 Å². The van der Waals surface area contributed by atoms with E-state index in [9.17, 15) is 0 Å². The summed E-state index contributed by atoms with van der Waals surface area (Å²) in [6.45, 7) is 9.06. The van der Waals surface area contributed by atoms with Gasteiger partial charge in [-0.3, -0.25) is 0 Å². The van der Waals surface area contributed by atoms with E-state index >= 15 is 0 Å². The Balaban J connectivity index is 2.17. The lowest BCUT2D eigenvalue weighted by Gasteiger charge is -2.26. The van der Waals surface area contributed by atoms with Crippen molar-refractivity contribution in [2.75, 3.05) is 18.0 Å². The third kappa shape index (κ3) is 2.49. The molecule has 1 saturated heterocycles. The molecule has 1 aliphatic rings. The SMILES string of the molecule is CCC1(CC)CCN(c2cc(C)c(Br)cn2)C1. The molecule has 0 atom stereocenters. The van der Waals surface area contributed by atoms with Crippen LogP contribution in [0.25, 0.3) is 0 Å². The quantitative estimate of drug-likeness (QED) is 0.832. The van der Waals surface area contributed by atoms with Crippen LogP contribution in [0.3, 0.4) is 0 Å². The lowest BCUT2D eigenvalue weighted by Crippen LogP contribution is -2.26. The highest BCUT2D eigenvalue weighted by atomic mass is 79.9. The van der Waals surface area contributed by atoms with Crippen LogP contribution in [0.5, 0.6) is 0 Å². The van der Waals surface area contributed by atoms with Gasteiger partial charge in [0.1, 0.15) is 5.82 Å². The van der Waals surface area contributed by atoms with Gasteiger partial charge in [-0.25, -0.2) is 4.98 Å². The lowest BCUT2D eigenvalue weighted by atomic mass is 9.82. The Morgan fingerprint density at radius 2 is 2.12 bits per heavy atom. The lowest BCUT2D eigenvalue weighted by molar-refractivity contribution is 0.301. The van der Waals surface area contributed by atoms with Gasteiger partial charge in [0, 0.05) is 23.8 Å². The Morgan fingerprint density at radius 1 is 1.41 bits per heavy atom. The van der Waals surface area contributed by atoms with Crippen molar-refractivity contribution in [3.63, 3.8) is 0 Å². The van der Waals surface area contributed by atoms with Crippen molar-refractivity contribution >= 4 is 21.7 Å². The molecule has 1 aromatic rings. The summed E-state index contributed by atoms with van der Waals surface area (Å²) in [7, 11) is 0. The molecule has 2 heterocycles. The van der Waals surface area contributed by atoms with Gasteiger partial charge in [0.25, 0.3) is 0 Å². The molecule has 0 amide bonds. The number of hydrogen-bond acceptors (Lipinski definition) is 2. The van der Waals surface area contributed by atoms with Gasteiger partial charge < -0.3 is 4.90 Å². The number of rotatable bonds is 3. The van der Waals surface area contributed by atoms with Crippen LogP contribution in [0, 0.1) is 12.3 Å². The van der Waals surface area contributed by atoms with E-state index in [1.54, 1.807) is 0 Å². The van der Waals surface area contributed by atoms with Gasteiger partial charge in [-0.1, -0.05) is 13.8 Å². The molecule has 1 fully saturated rings. The fraction of sp³-hybridized carbons (Fsp3) is 0.643. The van der Waals surface area contributed by atoms with Crippen LogP contribution in [0.15, 0.2) is 16.7 Å². The summed E-state index contributed by atoms with van der Waals surface area (Å²) in [5, 5.41) is 0. The van der Waals surface area contributed by atoms with E-state index in [1.165, 1.54) is 24.8 Å². The first-order valence-electron chi connectivity index (χ1n) is 6.47. The summed E-state index contributed by atoms with van der Waals surface area (Å²) < 4.78 is 1.10. The van der Waals surface area contributed by atoms with Gasteiger partial charge in [-0.2, -0.15) is 0 Å². The van der Waals surface area contributed by atoms with E-state index in [1.807, 2.05) is 6.20 Å². The van der Waals surface area contributed by atoms with Crippen molar-refractivity contribution < 1.29 is 0 Å². The van der Waals surface area contributed by atoms with E-state index in [2.05, 4.69) is 52.7 Å². The van der Waals surface area contributed by atoms with E-state index in [-0.39, 0.29) is 0 Å². The molecule has 0 saturated carbocycles. The van der Waals surface area contributed by atoms with E-state index in [0.29, 0.717) is 5.41 Å². The third-order valence-corrected chi connectivity index (χ3v) is 5.12. The Bertz CT molecular complexity index is 399. The number of aryl methyl sites for hydroxylation is 1. The Morgan fingerprint density at radius 3 is 2.65 bits per heavy atom. The van der Waals surface area contributed by atoms with Crippen molar-refractivity contribution in [3.05, 3.63) is 22.3 Å².